The van der Waals surface area contributed by atoms with Crippen molar-refractivity contribution < 1.29 is 14.3 Å². The first-order valence-corrected chi connectivity index (χ1v) is 13.5. The van der Waals surface area contributed by atoms with Crippen LogP contribution in [0.25, 0.3) is 27.9 Å². The first-order chi connectivity index (χ1) is 14.5. The van der Waals surface area contributed by atoms with Gasteiger partial charge in [0.25, 0.3) is 8.32 Å². The van der Waals surface area contributed by atoms with Crippen molar-refractivity contribution in [3.63, 3.8) is 0 Å². The zero-order chi connectivity index (χ0) is 23.0. The van der Waals surface area contributed by atoms with Gasteiger partial charge in [0.15, 0.2) is 0 Å². The number of benzene rings is 2. The maximum atomic E-state index is 11.5. The maximum absolute atomic E-state index is 11.5. The fourth-order valence-corrected chi connectivity index (χ4v) is 4.52. The van der Waals surface area contributed by atoms with E-state index < -0.39 is 14.3 Å². The Morgan fingerprint density at radius 1 is 1.19 bits per heavy atom. The fraction of sp³-hybridized carbons (Fsp3) is 0.360. The van der Waals surface area contributed by atoms with E-state index in [9.17, 15) is 15.2 Å². The molecule has 0 aliphatic heterocycles. The van der Waals surface area contributed by atoms with Gasteiger partial charge in [-0.15, -0.1) is 0 Å². The molecule has 0 unspecified atom stereocenters. The van der Waals surface area contributed by atoms with Crippen LogP contribution in [-0.2, 0) is 11.3 Å². The Labute approximate surface area is 184 Å². The van der Waals surface area contributed by atoms with Crippen molar-refractivity contribution >= 4 is 42.2 Å². The predicted molar refractivity (Wildman–Crippen MR) is 129 cm³/mol. The SMILES string of the molecule is CCCn1c2ccccc2c2cc(C=C(C#N)C(=O)O)c(O[Si](C)(C)C(C)(C)C)cc21. The molecular weight excluding hydrogens is 404 g/mol. The van der Waals surface area contributed by atoms with E-state index in [1.165, 1.54) is 6.08 Å². The van der Waals surface area contributed by atoms with Gasteiger partial charge >= 0.3 is 5.97 Å². The fourth-order valence-electron chi connectivity index (χ4n) is 3.48. The second-order valence-corrected chi connectivity index (χ2v) is 14.1. The number of aliphatic carboxylic acids is 1. The van der Waals surface area contributed by atoms with Crippen LogP contribution in [0.5, 0.6) is 5.75 Å². The summed E-state index contributed by atoms with van der Waals surface area (Å²) in [5.41, 5.74) is 2.51. The Kier molecular flexibility index (Phi) is 6.02. The van der Waals surface area contributed by atoms with E-state index in [1.807, 2.05) is 24.3 Å². The Balaban J connectivity index is 2.37. The highest BCUT2D eigenvalue weighted by molar-refractivity contribution is 6.74. The third-order valence-corrected chi connectivity index (χ3v) is 10.5. The number of para-hydroxylation sites is 1. The van der Waals surface area contributed by atoms with Crippen molar-refractivity contribution in [1.29, 1.82) is 5.26 Å². The lowest BCUT2D eigenvalue weighted by atomic mass is 10.1. The van der Waals surface area contributed by atoms with Gasteiger partial charge in [-0.05, 0) is 42.8 Å². The van der Waals surface area contributed by atoms with Crippen molar-refractivity contribution in [2.45, 2.75) is 58.8 Å². The molecule has 162 valence electrons. The van der Waals surface area contributed by atoms with Crippen molar-refractivity contribution in [3.05, 3.63) is 47.5 Å². The second-order valence-electron chi connectivity index (χ2n) is 9.41. The van der Waals surface area contributed by atoms with Crippen molar-refractivity contribution in [2.24, 2.45) is 0 Å². The highest BCUT2D eigenvalue weighted by atomic mass is 28.4. The average molecular weight is 435 g/mol. The van der Waals surface area contributed by atoms with Crippen LogP contribution >= 0.6 is 0 Å². The Bertz CT molecular complexity index is 1220. The van der Waals surface area contributed by atoms with Crippen LogP contribution in [0.3, 0.4) is 0 Å². The summed E-state index contributed by atoms with van der Waals surface area (Å²) in [6.07, 6.45) is 2.42. The molecule has 0 spiro atoms. The third kappa shape index (κ3) is 4.24. The van der Waals surface area contributed by atoms with Gasteiger partial charge in [-0.2, -0.15) is 5.26 Å². The second kappa shape index (κ2) is 8.24. The van der Waals surface area contributed by atoms with Gasteiger partial charge in [0.1, 0.15) is 17.4 Å². The number of nitriles is 1. The van der Waals surface area contributed by atoms with Crippen LogP contribution in [0.1, 0.15) is 39.7 Å². The van der Waals surface area contributed by atoms with Gasteiger partial charge < -0.3 is 14.1 Å². The van der Waals surface area contributed by atoms with Gasteiger partial charge in [0, 0.05) is 34.5 Å². The number of hydrogen-bond donors (Lipinski definition) is 1. The topological polar surface area (TPSA) is 75.2 Å². The van der Waals surface area contributed by atoms with Gasteiger partial charge in [-0.25, -0.2) is 4.79 Å². The normalized spacial score (nSPS) is 12.9. The molecule has 1 N–H and O–H groups in total. The Morgan fingerprint density at radius 3 is 2.45 bits per heavy atom. The minimum atomic E-state index is -2.20. The lowest BCUT2D eigenvalue weighted by molar-refractivity contribution is -0.132. The first-order valence-electron chi connectivity index (χ1n) is 10.6. The van der Waals surface area contributed by atoms with Crippen molar-refractivity contribution in [3.8, 4) is 11.8 Å². The molecule has 0 saturated carbocycles. The summed E-state index contributed by atoms with van der Waals surface area (Å²) in [7, 11) is -2.20. The maximum Gasteiger partial charge on any atom is 0.346 e. The number of hydrogen-bond acceptors (Lipinski definition) is 3. The molecule has 0 amide bonds. The van der Waals surface area contributed by atoms with Gasteiger partial charge in [-0.3, -0.25) is 0 Å². The number of carboxylic acids is 1. The number of fused-ring (bicyclic) bond motifs is 3. The molecule has 1 heterocycles. The van der Waals surface area contributed by atoms with E-state index in [4.69, 9.17) is 4.43 Å². The van der Waals surface area contributed by atoms with Crippen LogP contribution < -0.4 is 4.43 Å². The van der Waals surface area contributed by atoms with E-state index in [0.29, 0.717) is 11.3 Å². The number of aromatic nitrogens is 1. The third-order valence-electron chi connectivity index (χ3n) is 6.17. The Hall–Kier alpha value is -3.04. The first kappa shape index (κ1) is 22.6. The molecule has 0 saturated heterocycles. The lowest BCUT2D eigenvalue weighted by Gasteiger charge is -2.37. The number of rotatable bonds is 6. The molecule has 0 aliphatic carbocycles. The molecular formula is C25H30N2O3Si. The largest absolute Gasteiger partial charge is 0.543 e. The summed E-state index contributed by atoms with van der Waals surface area (Å²) in [5, 5.41) is 20.9. The van der Waals surface area contributed by atoms with Gasteiger partial charge in [0.05, 0.1) is 5.52 Å². The minimum absolute atomic E-state index is 0.0239. The lowest BCUT2D eigenvalue weighted by Crippen LogP contribution is -2.44. The van der Waals surface area contributed by atoms with E-state index in [1.54, 1.807) is 6.07 Å². The number of nitrogens with zero attached hydrogens (tertiary/aromatic N) is 2. The molecule has 31 heavy (non-hydrogen) atoms. The molecule has 0 aliphatic rings. The van der Waals surface area contributed by atoms with Gasteiger partial charge in [0.2, 0.25) is 0 Å². The van der Waals surface area contributed by atoms with Gasteiger partial charge in [-0.1, -0.05) is 45.9 Å². The zero-order valence-corrected chi connectivity index (χ0v) is 20.1. The molecule has 3 rings (SSSR count). The van der Waals surface area contributed by atoms with Crippen LogP contribution in [0.4, 0.5) is 0 Å². The summed E-state index contributed by atoms with van der Waals surface area (Å²) in [6.45, 7) is 13.8. The molecule has 3 aromatic rings. The summed E-state index contributed by atoms with van der Waals surface area (Å²) in [5.74, 6) is -0.609. The minimum Gasteiger partial charge on any atom is -0.543 e. The van der Waals surface area contributed by atoms with E-state index in [2.05, 4.69) is 57.5 Å². The number of carboxylic acid groups (broad SMARTS) is 1. The van der Waals surface area contributed by atoms with Crippen LogP contribution in [0, 0.1) is 11.3 Å². The number of aryl methyl sites for hydroxylation is 1. The standard InChI is InChI=1S/C25H30N2O3Si/c1-7-12-27-21-11-9-8-10-19(21)20-14-17(13-18(16-26)24(28)29)23(15-22(20)27)30-31(5,6)25(2,3)4/h8-11,13-15H,7,12H2,1-6H3,(H,28,29). The summed E-state index contributed by atoms with van der Waals surface area (Å²) in [6, 6.07) is 14.0. The molecule has 6 heteroatoms. The van der Waals surface area contributed by atoms with E-state index >= 15 is 0 Å². The smallest absolute Gasteiger partial charge is 0.346 e. The van der Waals surface area contributed by atoms with Crippen LogP contribution in [0.15, 0.2) is 42.0 Å². The summed E-state index contributed by atoms with van der Waals surface area (Å²) < 4.78 is 8.93. The molecule has 0 bridgehead atoms. The highest BCUT2D eigenvalue weighted by Gasteiger charge is 2.39. The monoisotopic (exact) mass is 434 g/mol. The average Bonchev–Trinajstić information content (AvgIpc) is 2.98. The highest BCUT2D eigenvalue weighted by Crippen LogP contribution is 2.41. The Morgan fingerprint density at radius 2 is 1.87 bits per heavy atom. The van der Waals surface area contributed by atoms with Crippen LogP contribution in [0.2, 0.25) is 18.1 Å². The van der Waals surface area contributed by atoms with E-state index in [-0.39, 0.29) is 10.6 Å². The summed E-state index contributed by atoms with van der Waals surface area (Å²) in [4.78, 5) is 11.5. The number of carbonyl (C=O) groups is 1. The zero-order valence-electron chi connectivity index (χ0n) is 19.1. The van der Waals surface area contributed by atoms with Crippen LogP contribution in [-0.4, -0.2) is 24.0 Å². The van der Waals surface area contributed by atoms with E-state index in [0.717, 1.165) is 34.8 Å². The molecule has 0 atom stereocenters. The predicted octanol–water partition coefficient (Wildman–Crippen LogP) is 6.58. The molecule has 1 aromatic heterocycles. The van der Waals surface area contributed by atoms with Crippen molar-refractivity contribution in [1.82, 2.24) is 4.57 Å². The molecule has 0 radical (unpaired) electrons. The molecule has 2 aromatic carbocycles. The van der Waals surface area contributed by atoms with Crippen molar-refractivity contribution in [2.75, 3.05) is 0 Å². The molecule has 5 nitrogen and oxygen atoms in total. The quantitative estimate of drug-likeness (QED) is 0.270. The summed E-state index contributed by atoms with van der Waals surface area (Å²) >= 11 is 0. The molecule has 0 fully saturated rings.